The van der Waals surface area contributed by atoms with Gasteiger partial charge in [-0.2, -0.15) is 0 Å². The van der Waals surface area contributed by atoms with Crippen molar-refractivity contribution in [3.63, 3.8) is 0 Å². The van der Waals surface area contributed by atoms with Crippen LogP contribution in [0.4, 0.5) is 5.69 Å². The highest BCUT2D eigenvalue weighted by Gasteiger charge is 2.21. The quantitative estimate of drug-likeness (QED) is 0.697. The monoisotopic (exact) mass is 397 g/mol. The molecule has 152 valence electrons. The molecule has 3 amide bonds. The Bertz CT molecular complexity index is 865. The van der Waals surface area contributed by atoms with E-state index in [1.54, 1.807) is 53.4 Å². The number of carbonyl (C=O) groups is 3. The summed E-state index contributed by atoms with van der Waals surface area (Å²) in [5.41, 5.74) is 5.84. The third-order valence-electron chi connectivity index (χ3n) is 4.33. The summed E-state index contributed by atoms with van der Waals surface area (Å²) < 4.78 is 10.7. The Balaban J connectivity index is 1.42. The zero-order chi connectivity index (χ0) is 20.6. The fourth-order valence-corrected chi connectivity index (χ4v) is 2.90. The maximum Gasteiger partial charge on any atom is 0.276 e. The van der Waals surface area contributed by atoms with Crippen molar-refractivity contribution in [1.82, 2.24) is 10.9 Å². The minimum absolute atomic E-state index is 0.112. The van der Waals surface area contributed by atoms with E-state index >= 15 is 0 Å². The van der Waals surface area contributed by atoms with Crippen molar-refractivity contribution in [2.75, 3.05) is 24.7 Å². The molecule has 1 heterocycles. The first kappa shape index (κ1) is 20.2. The molecule has 29 heavy (non-hydrogen) atoms. The van der Waals surface area contributed by atoms with E-state index in [0.717, 1.165) is 18.7 Å². The van der Waals surface area contributed by atoms with Gasteiger partial charge in [0, 0.05) is 24.2 Å². The van der Waals surface area contributed by atoms with Crippen molar-refractivity contribution in [2.24, 2.45) is 0 Å². The van der Waals surface area contributed by atoms with Gasteiger partial charge >= 0.3 is 0 Å². The molecular weight excluding hydrogens is 374 g/mol. The first-order chi connectivity index (χ1) is 14.1. The molecule has 0 spiro atoms. The molecule has 0 unspecified atom stereocenters. The molecule has 0 atom stereocenters. The number of hydrogen-bond donors (Lipinski definition) is 2. The van der Waals surface area contributed by atoms with Crippen LogP contribution in [-0.4, -0.2) is 37.5 Å². The fraction of sp³-hybridized carbons (Fsp3) is 0.286. The topological polar surface area (TPSA) is 97.0 Å². The number of anilines is 1. The molecule has 1 saturated heterocycles. The van der Waals surface area contributed by atoms with Crippen LogP contribution in [0.1, 0.15) is 30.1 Å². The zero-order valence-electron chi connectivity index (χ0n) is 16.1. The molecule has 8 nitrogen and oxygen atoms in total. The summed E-state index contributed by atoms with van der Waals surface area (Å²) in [4.78, 5) is 37.4. The Morgan fingerprint density at radius 1 is 0.966 bits per heavy atom. The third kappa shape index (κ3) is 5.47. The van der Waals surface area contributed by atoms with Gasteiger partial charge in [-0.25, -0.2) is 0 Å². The predicted molar refractivity (Wildman–Crippen MR) is 107 cm³/mol. The van der Waals surface area contributed by atoms with Crippen LogP contribution in [0.25, 0.3) is 0 Å². The van der Waals surface area contributed by atoms with Gasteiger partial charge in [0.15, 0.2) is 6.61 Å². The minimum atomic E-state index is -0.497. The Labute approximate surface area is 168 Å². The summed E-state index contributed by atoms with van der Waals surface area (Å²) >= 11 is 0. The molecule has 1 fully saturated rings. The van der Waals surface area contributed by atoms with Gasteiger partial charge in [0.25, 0.3) is 11.8 Å². The molecule has 2 aromatic carbocycles. The predicted octanol–water partition coefficient (Wildman–Crippen LogP) is 2.05. The Hall–Kier alpha value is -3.55. The lowest BCUT2D eigenvalue weighted by Gasteiger charge is -2.16. The van der Waals surface area contributed by atoms with Crippen molar-refractivity contribution >= 4 is 23.4 Å². The Morgan fingerprint density at radius 3 is 2.24 bits per heavy atom. The van der Waals surface area contributed by atoms with Crippen LogP contribution in [-0.2, 0) is 9.59 Å². The second-order valence-corrected chi connectivity index (χ2v) is 6.39. The molecule has 1 aliphatic rings. The number of rotatable bonds is 7. The number of ether oxygens (including phenoxy) is 2. The van der Waals surface area contributed by atoms with Gasteiger partial charge in [-0.1, -0.05) is 0 Å². The molecule has 1 aliphatic heterocycles. The number of nitrogens with one attached hydrogen (secondary N) is 2. The highest BCUT2D eigenvalue weighted by Crippen LogP contribution is 2.23. The van der Waals surface area contributed by atoms with Gasteiger partial charge in [0.2, 0.25) is 5.91 Å². The zero-order valence-corrected chi connectivity index (χ0v) is 16.1. The van der Waals surface area contributed by atoms with E-state index in [9.17, 15) is 14.4 Å². The van der Waals surface area contributed by atoms with E-state index in [1.165, 1.54) is 0 Å². The molecule has 8 heteroatoms. The highest BCUT2D eigenvalue weighted by molar-refractivity contribution is 5.96. The van der Waals surface area contributed by atoms with E-state index < -0.39 is 11.8 Å². The summed E-state index contributed by atoms with van der Waals surface area (Å²) in [6, 6.07) is 13.5. The number of amides is 3. The third-order valence-corrected chi connectivity index (χ3v) is 4.33. The first-order valence-corrected chi connectivity index (χ1v) is 9.42. The van der Waals surface area contributed by atoms with Crippen molar-refractivity contribution in [2.45, 2.75) is 19.8 Å². The van der Waals surface area contributed by atoms with E-state index in [-0.39, 0.29) is 12.5 Å². The average Bonchev–Trinajstić information content (AvgIpc) is 3.17. The number of hydrogen-bond acceptors (Lipinski definition) is 5. The molecule has 0 bridgehead atoms. The largest absolute Gasteiger partial charge is 0.494 e. The standard InChI is InChI=1S/C21H23N3O5/c1-2-28-17-9-5-15(6-10-17)21(27)23-22-19(25)14-29-18-11-7-16(8-12-18)24-13-3-4-20(24)26/h5-12H,2-4,13-14H2,1H3,(H,22,25)(H,23,27). The van der Waals surface area contributed by atoms with Gasteiger partial charge in [-0.05, 0) is 61.9 Å². The molecule has 2 N–H and O–H groups in total. The molecule has 0 saturated carbocycles. The molecule has 0 radical (unpaired) electrons. The number of benzene rings is 2. The van der Waals surface area contributed by atoms with Crippen molar-refractivity contribution in [1.29, 1.82) is 0 Å². The molecule has 0 aromatic heterocycles. The molecular formula is C21H23N3O5. The van der Waals surface area contributed by atoms with Gasteiger partial charge in [0.1, 0.15) is 11.5 Å². The SMILES string of the molecule is CCOc1ccc(C(=O)NNC(=O)COc2ccc(N3CCCC3=O)cc2)cc1. The first-order valence-electron chi connectivity index (χ1n) is 9.42. The highest BCUT2D eigenvalue weighted by atomic mass is 16.5. The number of carbonyl (C=O) groups excluding carboxylic acids is 3. The lowest BCUT2D eigenvalue weighted by Crippen LogP contribution is -2.43. The molecule has 2 aromatic rings. The van der Waals surface area contributed by atoms with Crippen LogP contribution < -0.4 is 25.2 Å². The summed E-state index contributed by atoms with van der Waals surface area (Å²) in [6.45, 7) is 2.88. The van der Waals surface area contributed by atoms with Crippen molar-refractivity contribution < 1.29 is 23.9 Å². The van der Waals surface area contributed by atoms with E-state index in [4.69, 9.17) is 9.47 Å². The maximum absolute atomic E-state index is 12.0. The summed E-state index contributed by atoms with van der Waals surface area (Å²) in [7, 11) is 0. The second-order valence-electron chi connectivity index (χ2n) is 6.39. The second kappa shape index (κ2) is 9.59. The average molecular weight is 397 g/mol. The van der Waals surface area contributed by atoms with Crippen molar-refractivity contribution in [3.05, 3.63) is 54.1 Å². The van der Waals surface area contributed by atoms with Gasteiger partial charge in [-0.15, -0.1) is 0 Å². The van der Waals surface area contributed by atoms with E-state index in [1.807, 2.05) is 6.92 Å². The normalized spacial score (nSPS) is 13.1. The Morgan fingerprint density at radius 2 is 1.62 bits per heavy atom. The smallest absolute Gasteiger partial charge is 0.276 e. The van der Waals surface area contributed by atoms with Crippen LogP contribution in [0.2, 0.25) is 0 Å². The summed E-state index contributed by atoms with van der Waals surface area (Å²) in [5.74, 6) is 0.334. The minimum Gasteiger partial charge on any atom is -0.494 e. The number of nitrogens with zero attached hydrogens (tertiary/aromatic N) is 1. The lowest BCUT2D eigenvalue weighted by molar-refractivity contribution is -0.123. The molecule has 0 aliphatic carbocycles. The van der Waals surface area contributed by atoms with E-state index in [0.29, 0.717) is 30.1 Å². The lowest BCUT2D eigenvalue weighted by atomic mass is 10.2. The van der Waals surface area contributed by atoms with Crippen molar-refractivity contribution in [3.8, 4) is 11.5 Å². The molecule has 3 rings (SSSR count). The fourth-order valence-electron chi connectivity index (χ4n) is 2.90. The van der Waals surface area contributed by atoms with Crippen LogP contribution in [0, 0.1) is 0 Å². The van der Waals surface area contributed by atoms with Crippen LogP contribution in [0.3, 0.4) is 0 Å². The van der Waals surface area contributed by atoms with Crippen LogP contribution in [0.15, 0.2) is 48.5 Å². The summed E-state index contributed by atoms with van der Waals surface area (Å²) in [6.07, 6.45) is 1.43. The van der Waals surface area contributed by atoms with Crippen LogP contribution >= 0.6 is 0 Å². The van der Waals surface area contributed by atoms with E-state index in [2.05, 4.69) is 10.9 Å². The Kier molecular flexibility index (Phi) is 6.67. The van der Waals surface area contributed by atoms with Gasteiger partial charge < -0.3 is 14.4 Å². The maximum atomic E-state index is 12.0. The van der Waals surface area contributed by atoms with Gasteiger partial charge in [-0.3, -0.25) is 25.2 Å². The number of hydrazine groups is 1. The summed E-state index contributed by atoms with van der Waals surface area (Å²) in [5, 5.41) is 0. The van der Waals surface area contributed by atoms with Crippen LogP contribution in [0.5, 0.6) is 11.5 Å². The van der Waals surface area contributed by atoms with Gasteiger partial charge in [0.05, 0.1) is 6.61 Å².